The molecule has 4 aromatic rings. The van der Waals surface area contributed by atoms with Gasteiger partial charge in [0.25, 0.3) is 0 Å². The van der Waals surface area contributed by atoms with Gasteiger partial charge in [0.15, 0.2) is 5.82 Å². The Hall–Kier alpha value is -3.24. The molecule has 0 bridgehead atoms. The van der Waals surface area contributed by atoms with Gasteiger partial charge in [0.05, 0.1) is 6.54 Å². The van der Waals surface area contributed by atoms with E-state index >= 15 is 0 Å². The first-order valence-corrected chi connectivity index (χ1v) is 10.1. The number of rotatable bonds is 5. The van der Waals surface area contributed by atoms with Gasteiger partial charge in [-0.15, -0.1) is 0 Å². The minimum atomic E-state index is 0.355. The highest BCUT2D eigenvalue weighted by Crippen LogP contribution is 2.33. The van der Waals surface area contributed by atoms with Crippen molar-refractivity contribution in [3.63, 3.8) is 0 Å². The van der Waals surface area contributed by atoms with Gasteiger partial charge >= 0.3 is 0 Å². The largest absolute Gasteiger partial charge is 0.338 e. The molecule has 1 atom stereocenters. The molecule has 0 saturated carbocycles. The van der Waals surface area contributed by atoms with Crippen molar-refractivity contribution in [1.82, 2.24) is 15.0 Å². The standard InChI is InChI=1S/C25H23N3O/c1-3-9-19(10-4-1)15-24-26-25(29-27-24)18-28-16-21-13-7-8-14-22(21)23(17-28)20-11-5-2-6-12-20/h1-14,23H,15-18H2/t23-/m0/s1. The van der Waals surface area contributed by atoms with Crippen molar-refractivity contribution in [2.45, 2.75) is 25.4 Å². The molecule has 0 fully saturated rings. The summed E-state index contributed by atoms with van der Waals surface area (Å²) < 4.78 is 5.57. The highest BCUT2D eigenvalue weighted by Gasteiger charge is 2.27. The Morgan fingerprint density at radius 2 is 1.59 bits per heavy atom. The number of hydrogen-bond acceptors (Lipinski definition) is 4. The zero-order chi connectivity index (χ0) is 19.5. The number of aromatic nitrogens is 2. The third-order valence-electron chi connectivity index (χ3n) is 5.54. The van der Waals surface area contributed by atoms with Crippen LogP contribution in [0.3, 0.4) is 0 Å². The molecule has 4 nitrogen and oxygen atoms in total. The van der Waals surface area contributed by atoms with Crippen molar-refractivity contribution in [3.05, 3.63) is 119 Å². The Kier molecular flexibility index (Phi) is 4.93. The van der Waals surface area contributed by atoms with E-state index in [-0.39, 0.29) is 0 Å². The van der Waals surface area contributed by atoms with Crippen LogP contribution in [-0.2, 0) is 19.5 Å². The summed E-state index contributed by atoms with van der Waals surface area (Å²) in [7, 11) is 0. The second-order valence-corrected chi connectivity index (χ2v) is 7.60. The Morgan fingerprint density at radius 1 is 0.862 bits per heavy atom. The number of hydrogen-bond donors (Lipinski definition) is 0. The third-order valence-corrected chi connectivity index (χ3v) is 5.54. The summed E-state index contributed by atoms with van der Waals surface area (Å²) in [5.41, 5.74) is 5.33. The van der Waals surface area contributed by atoms with Gasteiger partial charge in [-0.2, -0.15) is 4.98 Å². The van der Waals surface area contributed by atoms with Crippen LogP contribution in [0.15, 0.2) is 89.5 Å². The first-order chi connectivity index (χ1) is 14.3. The molecule has 144 valence electrons. The van der Waals surface area contributed by atoms with Crippen molar-refractivity contribution in [2.75, 3.05) is 6.54 Å². The van der Waals surface area contributed by atoms with Gasteiger partial charge in [-0.1, -0.05) is 90.1 Å². The van der Waals surface area contributed by atoms with E-state index in [2.05, 4.69) is 81.8 Å². The molecule has 0 N–H and O–H groups in total. The lowest BCUT2D eigenvalue weighted by Gasteiger charge is -2.34. The number of nitrogens with zero attached hydrogens (tertiary/aromatic N) is 3. The lowest BCUT2D eigenvalue weighted by atomic mass is 9.85. The molecule has 0 spiro atoms. The third kappa shape index (κ3) is 3.98. The molecule has 2 heterocycles. The quantitative estimate of drug-likeness (QED) is 0.498. The van der Waals surface area contributed by atoms with Gasteiger partial charge in [-0.05, 0) is 22.3 Å². The van der Waals surface area contributed by atoms with Crippen LogP contribution in [-0.4, -0.2) is 21.6 Å². The Bertz CT molecular complexity index is 1080. The maximum Gasteiger partial charge on any atom is 0.240 e. The molecule has 5 rings (SSSR count). The Labute approximate surface area is 170 Å². The highest BCUT2D eigenvalue weighted by molar-refractivity contribution is 5.40. The summed E-state index contributed by atoms with van der Waals surface area (Å²) in [6.07, 6.45) is 0.694. The van der Waals surface area contributed by atoms with Gasteiger partial charge in [0.2, 0.25) is 5.89 Å². The van der Waals surface area contributed by atoms with Crippen LogP contribution in [0.4, 0.5) is 0 Å². The maximum atomic E-state index is 5.57. The van der Waals surface area contributed by atoms with Crippen LogP contribution in [0, 0.1) is 0 Å². The van der Waals surface area contributed by atoms with Gasteiger partial charge in [-0.25, -0.2) is 0 Å². The Morgan fingerprint density at radius 3 is 2.41 bits per heavy atom. The van der Waals surface area contributed by atoms with E-state index in [9.17, 15) is 0 Å². The first-order valence-electron chi connectivity index (χ1n) is 10.1. The van der Waals surface area contributed by atoms with E-state index in [0.717, 1.165) is 18.9 Å². The van der Waals surface area contributed by atoms with Crippen LogP contribution >= 0.6 is 0 Å². The normalized spacial score (nSPS) is 16.5. The SMILES string of the molecule is c1ccc(Cc2noc(CN3Cc4ccccc4[C@H](c4ccccc4)C3)n2)cc1. The van der Waals surface area contributed by atoms with Gasteiger partial charge in [0.1, 0.15) is 0 Å². The van der Waals surface area contributed by atoms with E-state index in [0.29, 0.717) is 24.8 Å². The van der Waals surface area contributed by atoms with E-state index in [1.165, 1.54) is 22.3 Å². The summed E-state index contributed by atoms with van der Waals surface area (Å²) in [4.78, 5) is 7.04. The molecule has 1 aromatic heterocycles. The van der Waals surface area contributed by atoms with Crippen molar-refractivity contribution in [1.29, 1.82) is 0 Å². The molecule has 3 aromatic carbocycles. The predicted molar refractivity (Wildman–Crippen MR) is 112 cm³/mol. The molecule has 29 heavy (non-hydrogen) atoms. The van der Waals surface area contributed by atoms with Gasteiger partial charge in [-0.3, -0.25) is 4.90 Å². The van der Waals surface area contributed by atoms with Crippen molar-refractivity contribution in [3.8, 4) is 0 Å². The number of benzene rings is 3. The predicted octanol–water partition coefficient (Wildman–Crippen LogP) is 4.81. The number of fused-ring (bicyclic) bond motifs is 1. The maximum absolute atomic E-state index is 5.57. The molecule has 0 aliphatic carbocycles. The van der Waals surface area contributed by atoms with Crippen LogP contribution < -0.4 is 0 Å². The molecule has 1 aliphatic heterocycles. The van der Waals surface area contributed by atoms with Gasteiger partial charge in [0, 0.05) is 25.4 Å². The van der Waals surface area contributed by atoms with Crippen LogP contribution in [0.25, 0.3) is 0 Å². The summed E-state index contributed by atoms with van der Waals surface area (Å²) in [5, 5.41) is 4.19. The molecule has 4 heteroatoms. The van der Waals surface area contributed by atoms with Crippen molar-refractivity contribution in [2.24, 2.45) is 0 Å². The highest BCUT2D eigenvalue weighted by atomic mass is 16.5. The summed E-state index contributed by atoms with van der Waals surface area (Å²) in [6.45, 7) is 2.51. The zero-order valence-electron chi connectivity index (χ0n) is 16.2. The van der Waals surface area contributed by atoms with Crippen LogP contribution in [0.2, 0.25) is 0 Å². The first kappa shape index (κ1) is 17.8. The van der Waals surface area contributed by atoms with E-state index in [1.807, 2.05) is 18.2 Å². The minimum Gasteiger partial charge on any atom is -0.338 e. The second-order valence-electron chi connectivity index (χ2n) is 7.60. The fourth-order valence-corrected chi connectivity index (χ4v) is 4.17. The lowest BCUT2D eigenvalue weighted by Crippen LogP contribution is -2.33. The van der Waals surface area contributed by atoms with E-state index < -0.39 is 0 Å². The van der Waals surface area contributed by atoms with E-state index in [4.69, 9.17) is 4.52 Å². The topological polar surface area (TPSA) is 42.2 Å². The molecule has 0 unspecified atom stereocenters. The smallest absolute Gasteiger partial charge is 0.240 e. The molecule has 0 saturated heterocycles. The second kappa shape index (κ2) is 8.02. The van der Waals surface area contributed by atoms with Crippen molar-refractivity contribution < 1.29 is 4.52 Å². The van der Waals surface area contributed by atoms with E-state index in [1.54, 1.807) is 0 Å². The fraction of sp³-hybridized carbons (Fsp3) is 0.200. The minimum absolute atomic E-state index is 0.355. The van der Waals surface area contributed by atoms with Gasteiger partial charge < -0.3 is 4.52 Å². The fourth-order valence-electron chi connectivity index (χ4n) is 4.17. The summed E-state index contributed by atoms with van der Waals surface area (Å²) >= 11 is 0. The van der Waals surface area contributed by atoms with Crippen LogP contribution in [0.1, 0.15) is 39.9 Å². The molecule has 0 amide bonds. The van der Waals surface area contributed by atoms with Crippen LogP contribution in [0.5, 0.6) is 0 Å². The molecular formula is C25H23N3O. The molecular weight excluding hydrogens is 358 g/mol. The summed E-state index contributed by atoms with van der Waals surface area (Å²) in [6, 6.07) is 29.7. The zero-order valence-corrected chi connectivity index (χ0v) is 16.2. The Balaban J connectivity index is 1.35. The average Bonchev–Trinajstić information content (AvgIpc) is 3.21. The molecule has 0 radical (unpaired) electrons. The van der Waals surface area contributed by atoms with Crippen molar-refractivity contribution >= 4 is 0 Å². The average molecular weight is 381 g/mol. The monoisotopic (exact) mass is 381 g/mol. The molecule has 1 aliphatic rings. The lowest BCUT2D eigenvalue weighted by molar-refractivity contribution is 0.200. The summed E-state index contributed by atoms with van der Waals surface area (Å²) in [5.74, 6) is 1.78.